The van der Waals surface area contributed by atoms with Crippen LogP contribution < -0.4 is 0 Å². The minimum atomic E-state index is -0.349. The van der Waals surface area contributed by atoms with Gasteiger partial charge in [-0.05, 0) is 41.8 Å². The molecule has 124 valence electrons. The number of fused-ring (bicyclic) bond motifs is 4. The van der Waals surface area contributed by atoms with Gasteiger partial charge in [-0.2, -0.15) is 0 Å². The van der Waals surface area contributed by atoms with Gasteiger partial charge in [0, 0.05) is 21.7 Å². The normalized spacial score (nSPS) is 11.4. The summed E-state index contributed by atoms with van der Waals surface area (Å²) in [6.45, 7) is 0. The molecule has 0 amide bonds. The number of halogens is 1. The maximum atomic E-state index is 13.1. The van der Waals surface area contributed by atoms with Gasteiger partial charge in [0.25, 0.3) is 0 Å². The average molecular weight is 357 g/mol. The second-order valence-electron chi connectivity index (χ2n) is 6.19. The lowest BCUT2D eigenvalue weighted by Gasteiger charge is -2.02. The predicted octanol–water partition coefficient (Wildman–Crippen LogP) is 5.97. The molecule has 0 bridgehead atoms. The van der Waals surface area contributed by atoms with Crippen LogP contribution in [0.4, 0.5) is 4.39 Å². The Balaban J connectivity index is 1.69. The van der Waals surface area contributed by atoms with Gasteiger partial charge in [-0.25, -0.2) is 9.37 Å². The fourth-order valence-corrected chi connectivity index (χ4v) is 4.20. The molecule has 2 nitrogen and oxygen atoms in total. The van der Waals surface area contributed by atoms with Gasteiger partial charge in [0.15, 0.2) is 0 Å². The second-order valence-corrected chi connectivity index (χ2v) is 7.22. The van der Waals surface area contributed by atoms with Gasteiger partial charge in [0.1, 0.15) is 10.6 Å². The summed E-state index contributed by atoms with van der Waals surface area (Å²) in [4.78, 5) is 19.0. The van der Waals surface area contributed by atoms with E-state index in [0.29, 0.717) is 10.4 Å². The number of carbonyl (C=O) groups excluding carboxylic acids is 1. The van der Waals surface area contributed by atoms with Crippen molar-refractivity contribution in [2.45, 2.75) is 0 Å². The number of thiophene rings is 1. The molecule has 0 aliphatic heterocycles. The van der Waals surface area contributed by atoms with E-state index in [-0.39, 0.29) is 11.6 Å². The highest BCUT2D eigenvalue weighted by molar-refractivity contribution is 7.20. The van der Waals surface area contributed by atoms with Crippen LogP contribution in [0.25, 0.3) is 31.9 Å². The van der Waals surface area contributed by atoms with E-state index in [4.69, 9.17) is 4.98 Å². The zero-order valence-electron chi connectivity index (χ0n) is 13.6. The number of carbonyl (C=O) groups is 1. The van der Waals surface area contributed by atoms with Crippen molar-refractivity contribution in [1.29, 1.82) is 0 Å². The van der Waals surface area contributed by atoms with Crippen LogP contribution in [-0.4, -0.2) is 10.8 Å². The minimum Gasteiger partial charge on any atom is -0.288 e. The molecule has 0 N–H and O–H groups in total. The van der Waals surface area contributed by atoms with Crippen molar-refractivity contribution in [3.63, 3.8) is 0 Å². The maximum Gasteiger partial charge on any atom is 0.203 e. The van der Waals surface area contributed by atoms with E-state index in [1.165, 1.54) is 35.6 Å². The molecule has 0 spiro atoms. The van der Waals surface area contributed by atoms with Crippen molar-refractivity contribution in [2.24, 2.45) is 0 Å². The van der Waals surface area contributed by atoms with Crippen molar-refractivity contribution in [2.75, 3.05) is 0 Å². The summed E-state index contributed by atoms with van der Waals surface area (Å²) in [6.07, 6.45) is 0. The first-order valence-corrected chi connectivity index (χ1v) is 9.03. The molecule has 0 atom stereocenters. The van der Waals surface area contributed by atoms with Gasteiger partial charge in [-0.1, -0.05) is 36.4 Å². The zero-order chi connectivity index (χ0) is 17.7. The molecule has 26 heavy (non-hydrogen) atoms. The van der Waals surface area contributed by atoms with Crippen molar-refractivity contribution >= 4 is 49.0 Å². The van der Waals surface area contributed by atoms with Crippen molar-refractivity contribution in [3.05, 3.63) is 89.1 Å². The van der Waals surface area contributed by atoms with Crippen LogP contribution in [0.3, 0.4) is 0 Å². The molecule has 0 saturated carbocycles. The Labute approximate surface area is 152 Å². The number of hydrogen-bond donors (Lipinski definition) is 0. The van der Waals surface area contributed by atoms with E-state index in [0.717, 1.165) is 31.9 Å². The van der Waals surface area contributed by atoms with Crippen molar-refractivity contribution < 1.29 is 9.18 Å². The Bertz CT molecular complexity index is 1300. The lowest BCUT2D eigenvalue weighted by Crippen LogP contribution is -1.97. The van der Waals surface area contributed by atoms with Crippen molar-refractivity contribution in [3.8, 4) is 0 Å². The number of rotatable bonds is 2. The third-order valence-electron chi connectivity index (χ3n) is 4.53. The number of pyridine rings is 1. The highest BCUT2D eigenvalue weighted by Gasteiger charge is 2.14. The van der Waals surface area contributed by atoms with E-state index >= 15 is 0 Å². The third kappa shape index (κ3) is 2.38. The van der Waals surface area contributed by atoms with Crippen LogP contribution in [0.15, 0.2) is 72.8 Å². The van der Waals surface area contributed by atoms with Crippen LogP contribution in [0.1, 0.15) is 15.2 Å². The fourth-order valence-electron chi connectivity index (χ4n) is 3.22. The number of nitrogens with zero attached hydrogens (tertiary/aromatic N) is 1. The Morgan fingerprint density at radius 3 is 2.46 bits per heavy atom. The molecule has 0 aliphatic carbocycles. The molecule has 5 aromatic rings. The van der Waals surface area contributed by atoms with Gasteiger partial charge >= 0.3 is 0 Å². The first-order chi connectivity index (χ1) is 12.7. The molecular formula is C22H12FNOS. The Morgan fingerprint density at radius 1 is 0.846 bits per heavy atom. The fraction of sp³-hybridized carbons (Fsp3) is 0. The molecule has 0 aliphatic rings. The number of benzene rings is 3. The summed E-state index contributed by atoms with van der Waals surface area (Å²) in [5.74, 6) is -0.459. The van der Waals surface area contributed by atoms with Crippen LogP contribution in [-0.2, 0) is 0 Å². The minimum absolute atomic E-state index is 0.109. The summed E-state index contributed by atoms with van der Waals surface area (Å²) >= 11 is 1.37. The predicted molar refractivity (Wildman–Crippen MR) is 104 cm³/mol. The maximum absolute atomic E-state index is 13.1. The number of hydrogen-bond acceptors (Lipinski definition) is 3. The van der Waals surface area contributed by atoms with Gasteiger partial charge in [-0.3, -0.25) is 4.79 Å². The van der Waals surface area contributed by atoms with E-state index in [1.807, 2.05) is 18.2 Å². The summed E-state index contributed by atoms with van der Waals surface area (Å²) in [5, 5.41) is 4.25. The molecule has 2 heterocycles. The summed E-state index contributed by atoms with van der Waals surface area (Å²) < 4.78 is 13.1. The molecule has 0 fully saturated rings. The Morgan fingerprint density at radius 2 is 1.62 bits per heavy atom. The first kappa shape index (κ1) is 15.2. The molecule has 3 aromatic carbocycles. The van der Waals surface area contributed by atoms with Crippen LogP contribution in [0, 0.1) is 5.82 Å². The standard InChI is InChI=1S/C22H12FNOS/c23-17-9-7-14(8-10-17)21(25)19-12-16-11-15-6-5-13-3-1-2-4-18(13)20(15)24-22(16)26-19/h1-12H. The van der Waals surface area contributed by atoms with Gasteiger partial charge < -0.3 is 0 Å². The first-order valence-electron chi connectivity index (χ1n) is 8.21. The van der Waals surface area contributed by atoms with Gasteiger partial charge in [-0.15, -0.1) is 11.3 Å². The molecule has 4 heteroatoms. The molecule has 0 unspecified atom stereocenters. The highest BCUT2D eigenvalue weighted by atomic mass is 32.1. The van der Waals surface area contributed by atoms with Gasteiger partial charge in [0.2, 0.25) is 5.78 Å². The Kier molecular flexibility index (Phi) is 3.33. The summed E-state index contributed by atoms with van der Waals surface area (Å²) in [6, 6.07) is 21.9. The zero-order valence-corrected chi connectivity index (χ0v) is 14.4. The summed E-state index contributed by atoms with van der Waals surface area (Å²) in [7, 11) is 0. The Hall–Kier alpha value is -3.11. The van der Waals surface area contributed by atoms with Crippen LogP contribution >= 0.6 is 11.3 Å². The van der Waals surface area contributed by atoms with Crippen molar-refractivity contribution in [1.82, 2.24) is 4.98 Å². The van der Waals surface area contributed by atoms with Gasteiger partial charge in [0.05, 0.1) is 10.4 Å². The smallest absolute Gasteiger partial charge is 0.203 e. The van der Waals surface area contributed by atoms with E-state index < -0.39 is 0 Å². The number of aromatic nitrogens is 1. The van der Waals surface area contributed by atoms with E-state index in [2.05, 4.69) is 30.3 Å². The average Bonchev–Trinajstić information content (AvgIpc) is 3.09. The topological polar surface area (TPSA) is 30.0 Å². The lowest BCUT2D eigenvalue weighted by atomic mass is 10.1. The molecule has 0 radical (unpaired) electrons. The van der Waals surface area contributed by atoms with E-state index in [1.54, 1.807) is 0 Å². The quantitative estimate of drug-likeness (QED) is 0.288. The van der Waals surface area contributed by atoms with E-state index in [9.17, 15) is 9.18 Å². The number of ketones is 1. The molecule has 5 rings (SSSR count). The molecule has 0 saturated heterocycles. The monoisotopic (exact) mass is 357 g/mol. The SMILES string of the molecule is O=C(c1ccc(F)cc1)c1cc2cc3ccc4ccccc4c3nc2s1. The molecule has 2 aromatic heterocycles. The van der Waals surface area contributed by atoms with Crippen LogP contribution in [0.2, 0.25) is 0 Å². The lowest BCUT2D eigenvalue weighted by molar-refractivity contribution is 0.104. The highest BCUT2D eigenvalue weighted by Crippen LogP contribution is 2.31. The second kappa shape index (κ2) is 5.71. The summed E-state index contributed by atoms with van der Waals surface area (Å²) in [5.41, 5.74) is 1.42. The molecular weight excluding hydrogens is 345 g/mol. The van der Waals surface area contributed by atoms with Crippen LogP contribution in [0.5, 0.6) is 0 Å². The third-order valence-corrected chi connectivity index (χ3v) is 5.57. The largest absolute Gasteiger partial charge is 0.288 e.